The van der Waals surface area contributed by atoms with Gasteiger partial charge in [0.05, 0.1) is 29.6 Å². The molecule has 0 amide bonds. The zero-order chi connectivity index (χ0) is 24.1. The molecule has 0 saturated heterocycles. The molecule has 0 aliphatic heterocycles. The quantitative estimate of drug-likeness (QED) is 0.285. The van der Waals surface area contributed by atoms with Gasteiger partial charge in [-0.1, -0.05) is 11.6 Å². The highest BCUT2D eigenvalue weighted by molar-refractivity contribution is 6.29. The molecule has 10 nitrogen and oxygen atoms in total. The van der Waals surface area contributed by atoms with Gasteiger partial charge in [-0.15, -0.1) is 0 Å². The third-order valence-electron chi connectivity index (χ3n) is 4.51. The van der Waals surface area contributed by atoms with Crippen molar-refractivity contribution in [1.29, 1.82) is 0 Å². The summed E-state index contributed by atoms with van der Waals surface area (Å²) in [5.41, 5.74) is 2.80. The van der Waals surface area contributed by atoms with Crippen LogP contribution in [0.5, 0.6) is 5.75 Å². The minimum absolute atomic E-state index is 0.145. The summed E-state index contributed by atoms with van der Waals surface area (Å²) >= 11 is 5.64. The molecule has 0 aliphatic carbocycles. The van der Waals surface area contributed by atoms with Crippen LogP contribution >= 0.6 is 11.6 Å². The van der Waals surface area contributed by atoms with E-state index in [0.29, 0.717) is 39.7 Å². The first kappa shape index (κ1) is 22.9. The molecule has 11 heteroatoms. The lowest BCUT2D eigenvalue weighted by atomic mass is 10.3. The monoisotopic (exact) mass is 477 g/mol. The van der Waals surface area contributed by atoms with E-state index in [1.807, 2.05) is 38.1 Å². The van der Waals surface area contributed by atoms with Gasteiger partial charge in [0.2, 0.25) is 0 Å². The van der Waals surface area contributed by atoms with Crippen LogP contribution in [0.4, 0.5) is 11.5 Å². The van der Waals surface area contributed by atoms with Crippen LogP contribution in [0.15, 0.2) is 61.2 Å². The summed E-state index contributed by atoms with van der Waals surface area (Å²) in [7, 11) is 0. The van der Waals surface area contributed by atoms with Gasteiger partial charge in [0.1, 0.15) is 16.7 Å². The van der Waals surface area contributed by atoms with Crippen molar-refractivity contribution in [3.8, 4) is 5.75 Å². The lowest BCUT2D eigenvalue weighted by Crippen LogP contribution is -2.05. The van der Waals surface area contributed by atoms with Gasteiger partial charge in [0.15, 0.2) is 23.9 Å². The van der Waals surface area contributed by atoms with E-state index in [9.17, 15) is 9.59 Å². The van der Waals surface area contributed by atoms with Gasteiger partial charge in [0, 0.05) is 18.1 Å². The molecule has 5 rings (SSSR count). The predicted molar refractivity (Wildman–Crippen MR) is 127 cm³/mol. The third kappa shape index (κ3) is 5.18. The molecule has 0 unspecified atom stereocenters. The topological polar surface area (TPSA) is 116 Å². The Kier molecular flexibility index (Phi) is 6.79. The highest BCUT2D eigenvalue weighted by Crippen LogP contribution is 2.20. The molecule has 0 radical (unpaired) electrons. The standard InChI is InChI=1S/C16H16N4O2.C7H4ClN3O/c1-11(2)22-14-5-3-13(4-6-14)18-15-7-8-20-16(19-15)12(10-21)9-17-20;8-6-1-2-11-7(10-6)5(4-12)3-9-11/h3-11H,1-2H3,(H,18,19);1-4H. The Labute approximate surface area is 199 Å². The number of fused-ring (bicyclic) bond motifs is 2. The Morgan fingerprint density at radius 1 is 0.882 bits per heavy atom. The summed E-state index contributed by atoms with van der Waals surface area (Å²) in [4.78, 5) is 29.7. The van der Waals surface area contributed by atoms with Gasteiger partial charge in [-0.2, -0.15) is 10.2 Å². The fourth-order valence-corrected chi connectivity index (χ4v) is 3.16. The Morgan fingerprint density at radius 3 is 2.06 bits per heavy atom. The first-order chi connectivity index (χ1) is 16.5. The van der Waals surface area contributed by atoms with E-state index in [1.54, 1.807) is 29.0 Å². The lowest BCUT2D eigenvalue weighted by molar-refractivity contribution is 0.111. The largest absolute Gasteiger partial charge is 0.491 e. The molecule has 0 spiro atoms. The summed E-state index contributed by atoms with van der Waals surface area (Å²) in [5.74, 6) is 1.47. The number of carbonyl (C=O) groups excluding carboxylic acids is 2. The SMILES string of the molecule is CC(C)Oc1ccc(Nc2ccn3ncc(C=O)c3n2)cc1.O=Cc1cnn2ccc(Cl)nc12. The van der Waals surface area contributed by atoms with Crippen LogP contribution in [0.1, 0.15) is 34.6 Å². The van der Waals surface area contributed by atoms with E-state index in [1.165, 1.54) is 16.9 Å². The lowest BCUT2D eigenvalue weighted by Gasteiger charge is -2.11. The Hall–Kier alpha value is -4.31. The van der Waals surface area contributed by atoms with Crippen molar-refractivity contribution in [3.05, 3.63) is 77.5 Å². The second-order valence-corrected chi connectivity index (χ2v) is 7.74. The Bertz CT molecular complexity index is 1440. The number of halogens is 1. The molecular weight excluding hydrogens is 458 g/mol. The molecule has 0 saturated carbocycles. The molecule has 5 aromatic rings. The highest BCUT2D eigenvalue weighted by atomic mass is 35.5. The van der Waals surface area contributed by atoms with Crippen LogP contribution in [0.25, 0.3) is 11.3 Å². The van der Waals surface area contributed by atoms with Gasteiger partial charge in [0.25, 0.3) is 0 Å². The van der Waals surface area contributed by atoms with Gasteiger partial charge >= 0.3 is 0 Å². The van der Waals surface area contributed by atoms with Crippen molar-refractivity contribution in [3.63, 3.8) is 0 Å². The summed E-state index contributed by atoms with van der Waals surface area (Å²) < 4.78 is 8.66. The second-order valence-electron chi connectivity index (χ2n) is 7.35. The number of aldehydes is 2. The summed E-state index contributed by atoms with van der Waals surface area (Å²) in [6.07, 6.45) is 7.95. The smallest absolute Gasteiger partial charge is 0.167 e. The molecule has 34 heavy (non-hydrogen) atoms. The minimum Gasteiger partial charge on any atom is -0.491 e. The number of nitrogens with zero attached hydrogens (tertiary/aromatic N) is 6. The maximum absolute atomic E-state index is 10.9. The summed E-state index contributed by atoms with van der Waals surface area (Å²) in [6.45, 7) is 3.98. The van der Waals surface area contributed by atoms with Crippen molar-refractivity contribution in [2.45, 2.75) is 20.0 Å². The van der Waals surface area contributed by atoms with E-state index >= 15 is 0 Å². The number of benzene rings is 1. The van der Waals surface area contributed by atoms with Crippen LogP contribution in [-0.2, 0) is 0 Å². The van der Waals surface area contributed by atoms with Crippen LogP contribution in [-0.4, -0.2) is 47.9 Å². The molecule has 1 N–H and O–H groups in total. The number of nitrogens with one attached hydrogen (secondary N) is 1. The number of rotatable bonds is 6. The highest BCUT2D eigenvalue weighted by Gasteiger charge is 2.06. The molecular formula is C23H20ClN7O3. The molecule has 4 heterocycles. The van der Waals surface area contributed by atoms with E-state index in [-0.39, 0.29) is 6.10 Å². The fraction of sp³-hybridized carbons (Fsp3) is 0.130. The van der Waals surface area contributed by atoms with Crippen molar-refractivity contribution in [1.82, 2.24) is 29.2 Å². The van der Waals surface area contributed by atoms with E-state index in [0.717, 1.165) is 17.7 Å². The Balaban J connectivity index is 0.000000192. The maximum Gasteiger partial charge on any atom is 0.167 e. The van der Waals surface area contributed by atoms with Crippen molar-refractivity contribution < 1.29 is 14.3 Å². The normalized spacial score (nSPS) is 10.7. The zero-order valence-electron chi connectivity index (χ0n) is 18.3. The van der Waals surface area contributed by atoms with E-state index in [2.05, 4.69) is 25.5 Å². The van der Waals surface area contributed by atoms with Gasteiger partial charge in [-0.05, 0) is 50.2 Å². The number of ether oxygens (including phenoxy) is 1. The molecule has 1 aromatic carbocycles. The number of carbonyl (C=O) groups is 2. The molecule has 0 aliphatic rings. The van der Waals surface area contributed by atoms with Gasteiger partial charge in [-0.25, -0.2) is 19.0 Å². The first-order valence-electron chi connectivity index (χ1n) is 10.2. The van der Waals surface area contributed by atoms with E-state index in [4.69, 9.17) is 16.3 Å². The Morgan fingerprint density at radius 2 is 1.47 bits per heavy atom. The van der Waals surface area contributed by atoms with Crippen molar-refractivity contribution in [2.24, 2.45) is 0 Å². The number of hydrogen-bond acceptors (Lipinski definition) is 8. The second kappa shape index (κ2) is 10.1. The molecule has 0 atom stereocenters. The molecule has 4 aromatic heterocycles. The third-order valence-corrected chi connectivity index (χ3v) is 4.72. The van der Waals surface area contributed by atoms with Crippen LogP contribution in [0.2, 0.25) is 5.15 Å². The number of hydrogen-bond donors (Lipinski definition) is 1. The van der Waals surface area contributed by atoms with Crippen molar-refractivity contribution in [2.75, 3.05) is 5.32 Å². The fourth-order valence-electron chi connectivity index (χ4n) is 3.02. The molecule has 172 valence electrons. The zero-order valence-corrected chi connectivity index (χ0v) is 19.0. The van der Waals surface area contributed by atoms with Crippen LogP contribution in [0.3, 0.4) is 0 Å². The van der Waals surface area contributed by atoms with Crippen LogP contribution in [0, 0.1) is 0 Å². The number of anilines is 2. The first-order valence-corrected chi connectivity index (χ1v) is 10.6. The maximum atomic E-state index is 10.9. The van der Waals surface area contributed by atoms with Crippen molar-refractivity contribution >= 4 is 47.0 Å². The summed E-state index contributed by atoms with van der Waals surface area (Å²) in [6, 6.07) is 11.0. The summed E-state index contributed by atoms with van der Waals surface area (Å²) in [5, 5.41) is 11.5. The van der Waals surface area contributed by atoms with E-state index < -0.39 is 0 Å². The average molecular weight is 478 g/mol. The number of aromatic nitrogens is 6. The average Bonchev–Trinajstić information content (AvgIpc) is 3.43. The minimum atomic E-state index is 0.145. The predicted octanol–water partition coefficient (Wildman–Crippen LogP) is 4.27. The van der Waals surface area contributed by atoms with Gasteiger partial charge < -0.3 is 10.1 Å². The molecule has 0 bridgehead atoms. The van der Waals surface area contributed by atoms with Gasteiger partial charge in [-0.3, -0.25) is 9.59 Å². The molecule has 0 fully saturated rings. The van der Waals surface area contributed by atoms with Crippen LogP contribution < -0.4 is 10.1 Å².